The molecule has 1 aliphatic heterocycles. The fraction of sp³-hybridized carbons (Fsp3) is 0.889. The molecule has 1 amide bonds. The lowest BCUT2D eigenvalue weighted by Crippen LogP contribution is -2.50. The average Bonchev–Trinajstić information content (AvgIpc) is 2.41. The normalized spacial score (nSPS) is 41.8. The van der Waals surface area contributed by atoms with Crippen LogP contribution in [0.2, 0.25) is 0 Å². The highest BCUT2D eigenvalue weighted by atomic mass is 16.2. The van der Waals surface area contributed by atoms with Gasteiger partial charge < -0.3 is 0 Å². The van der Waals surface area contributed by atoms with Crippen molar-refractivity contribution >= 4 is 5.91 Å². The number of carbonyl (C=O) groups excluding carboxylic acids is 1. The van der Waals surface area contributed by atoms with Crippen molar-refractivity contribution in [3.05, 3.63) is 0 Å². The number of rotatable bonds is 0. The SMILES string of the molecule is C[C@@H]1CCCC[C@@]12CC(=O)NN2. The van der Waals surface area contributed by atoms with Crippen LogP contribution in [0.5, 0.6) is 0 Å². The third-order valence-electron chi connectivity index (χ3n) is 3.38. The van der Waals surface area contributed by atoms with Crippen LogP contribution in [-0.4, -0.2) is 11.4 Å². The molecule has 1 aliphatic carbocycles. The van der Waals surface area contributed by atoms with Crippen molar-refractivity contribution in [3.63, 3.8) is 0 Å². The summed E-state index contributed by atoms with van der Waals surface area (Å²) in [6.07, 6.45) is 5.65. The molecule has 0 radical (unpaired) electrons. The molecule has 1 saturated heterocycles. The van der Waals surface area contributed by atoms with Crippen LogP contribution in [0.1, 0.15) is 39.0 Å². The minimum Gasteiger partial charge on any atom is -0.291 e. The van der Waals surface area contributed by atoms with Gasteiger partial charge in [-0.1, -0.05) is 19.8 Å². The van der Waals surface area contributed by atoms with Crippen LogP contribution >= 0.6 is 0 Å². The standard InChI is InChI=1S/C9H16N2O/c1-7-4-2-3-5-9(7)6-8(12)10-11-9/h7,11H,2-6H2,1H3,(H,10,12)/t7-,9-/m1/s1. The molecule has 2 rings (SSSR count). The van der Waals surface area contributed by atoms with Crippen molar-refractivity contribution in [1.29, 1.82) is 0 Å². The van der Waals surface area contributed by atoms with Gasteiger partial charge in [0.15, 0.2) is 0 Å². The van der Waals surface area contributed by atoms with Crippen molar-refractivity contribution in [2.24, 2.45) is 5.92 Å². The van der Waals surface area contributed by atoms with Gasteiger partial charge in [0.1, 0.15) is 0 Å². The molecule has 12 heavy (non-hydrogen) atoms. The Balaban J connectivity index is 2.12. The van der Waals surface area contributed by atoms with Crippen LogP contribution in [0, 0.1) is 5.92 Å². The van der Waals surface area contributed by atoms with Gasteiger partial charge in [-0.15, -0.1) is 0 Å². The largest absolute Gasteiger partial charge is 0.291 e. The van der Waals surface area contributed by atoms with Crippen molar-refractivity contribution < 1.29 is 4.79 Å². The van der Waals surface area contributed by atoms with Gasteiger partial charge in [0.25, 0.3) is 0 Å². The Hall–Kier alpha value is -0.570. The zero-order valence-electron chi connectivity index (χ0n) is 7.52. The van der Waals surface area contributed by atoms with E-state index in [2.05, 4.69) is 17.8 Å². The van der Waals surface area contributed by atoms with E-state index in [1.54, 1.807) is 0 Å². The maximum atomic E-state index is 11.1. The van der Waals surface area contributed by atoms with Gasteiger partial charge in [-0.3, -0.25) is 10.2 Å². The Kier molecular flexibility index (Phi) is 1.83. The zero-order chi connectivity index (χ0) is 8.60. The number of hydrogen-bond acceptors (Lipinski definition) is 2. The summed E-state index contributed by atoms with van der Waals surface area (Å²) < 4.78 is 0. The quantitative estimate of drug-likeness (QED) is 0.565. The summed E-state index contributed by atoms with van der Waals surface area (Å²) >= 11 is 0. The van der Waals surface area contributed by atoms with Crippen LogP contribution in [0.4, 0.5) is 0 Å². The van der Waals surface area contributed by atoms with Crippen LogP contribution < -0.4 is 10.9 Å². The van der Waals surface area contributed by atoms with Gasteiger partial charge in [0.05, 0.1) is 0 Å². The predicted molar refractivity (Wildman–Crippen MR) is 46.3 cm³/mol. The zero-order valence-corrected chi connectivity index (χ0v) is 7.52. The van der Waals surface area contributed by atoms with Crippen LogP contribution in [-0.2, 0) is 4.79 Å². The Morgan fingerprint density at radius 3 is 2.92 bits per heavy atom. The first-order chi connectivity index (χ1) is 5.73. The molecule has 2 atom stereocenters. The van der Waals surface area contributed by atoms with Gasteiger partial charge in [-0.25, -0.2) is 5.43 Å². The highest BCUT2D eigenvalue weighted by Gasteiger charge is 2.43. The lowest BCUT2D eigenvalue weighted by molar-refractivity contribution is -0.119. The number of amides is 1. The first-order valence-corrected chi connectivity index (χ1v) is 4.79. The second kappa shape index (κ2) is 2.73. The third-order valence-corrected chi connectivity index (χ3v) is 3.38. The molecule has 1 spiro atoms. The van der Waals surface area contributed by atoms with E-state index in [1.165, 1.54) is 19.3 Å². The molecular formula is C9H16N2O. The van der Waals surface area contributed by atoms with Gasteiger partial charge in [0.2, 0.25) is 5.91 Å². The predicted octanol–water partition coefficient (Wildman–Crippen LogP) is 0.960. The van der Waals surface area contributed by atoms with Gasteiger partial charge >= 0.3 is 0 Å². The number of carbonyl (C=O) groups is 1. The molecule has 1 heterocycles. The molecule has 0 aromatic carbocycles. The van der Waals surface area contributed by atoms with E-state index in [1.807, 2.05) is 0 Å². The Morgan fingerprint density at radius 1 is 1.50 bits per heavy atom. The lowest BCUT2D eigenvalue weighted by atomic mass is 9.73. The molecular weight excluding hydrogens is 152 g/mol. The van der Waals surface area contributed by atoms with Crippen molar-refractivity contribution in [1.82, 2.24) is 10.9 Å². The molecule has 1 saturated carbocycles. The van der Waals surface area contributed by atoms with Crippen LogP contribution in [0.3, 0.4) is 0 Å². The topological polar surface area (TPSA) is 41.1 Å². The smallest absolute Gasteiger partial charge is 0.236 e. The van der Waals surface area contributed by atoms with Gasteiger partial charge in [-0.05, 0) is 18.8 Å². The summed E-state index contributed by atoms with van der Waals surface area (Å²) in [5.41, 5.74) is 5.99. The van der Waals surface area contributed by atoms with Gasteiger partial charge in [0, 0.05) is 12.0 Å². The van der Waals surface area contributed by atoms with E-state index >= 15 is 0 Å². The Bertz CT molecular complexity index is 205. The maximum Gasteiger partial charge on any atom is 0.236 e. The molecule has 2 N–H and O–H groups in total. The minimum atomic E-state index is 0.0926. The number of hydrazine groups is 1. The fourth-order valence-electron chi connectivity index (χ4n) is 2.43. The fourth-order valence-corrected chi connectivity index (χ4v) is 2.43. The summed E-state index contributed by atoms with van der Waals surface area (Å²) in [7, 11) is 0. The number of nitrogens with one attached hydrogen (secondary N) is 2. The Morgan fingerprint density at radius 2 is 2.33 bits per heavy atom. The summed E-state index contributed by atoms with van der Waals surface area (Å²) in [5.74, 6) is 0.786. The van der Waals surface area contributed by atoms with E-state index in [0.29, 0.717) is 12.3 Å². The summed E-state index contributed by atoms with van der Waals surface area (Å²) in [6, 6.07) is 0. The average molecular weight is 168 g/mol. The maximum absolute atomic E-state index is 11.1. The molecule has 0 unspecified atom stereocenters. The molecule has 0 aromatic rings. The molecule has 3 nitrogen and oxygen atoms in total. The van der Waals surface area contributed by atoms with E-state index in [4.69, 9.17) is 0 Å². The third kappa shape index (κ3) is 1.12. The first-order valence-electron chi connectivity index (χ1n) is 4.79. The van der Waals surface area contributed by atoms with Crippen molar-refractivity contribution in [2.45, 2.75) is 44.6 Å². The van der Waals surface area contributed by atoms with Crippen LogP contribution in [0.25, 0.3) is 0 Å². The van der Waals surface area contributed by atoms with E-state index < -0.39 is 0 Å². The molecule has 2 aliphatic rings. The minimum absolute atomic E-state index is 0.0926. The molecule has 0 bridgehead atoms. The summed E-state index contributed by atoms with van der Waals surface area (Å²) in [6.45, 7) is 2.24. The highest BCUT2D eigenvalue weighted by Crippen LogP contribution is 2.37. The molecule has 3 heteroatoms. The van der Waals surface area contributed by atoms with E-state index in [9.17, 15) is 4.79 Å². The van der Waals surface area contributed by atoms with Crippen LogP contribution in [0.15, 0.2) is 0 Å². The molecule has 0 aromatic heterocycles. The van der Waals surface area contributed by atoms with Crippen molar-refractivity contribution in [2.75, 3.05) is 0 Å². The summed E-state index contributed by atoms with van der Waals surface area (Å²) in [4.78, 5) is 11.1. The highest BCUT2D eigenvalue weighted by molar-refractivity contribution is 5.79. The lowest BCUT2D eigenvalue weighted by Gasteiger charge is -2.38. The first kappa shape index (κ1) is 8.05. The Labute approximate surface area is 72.9 Å². The van der Waals surface area contributed by atoms with Gasteiger partial charge in [-0.2, -0.15) is 0 Å². The molecule has 68 valence electrons. The molecule has 2 fully saturated rings. The van der Waals surface area contributed by atoms with Crippen molar-refractivity contribution in [3.8, 4) is 0 Å². The van der Waals surface area contributed by atoms with E-state index in [-0.39, 0.29) is 11.4 Å². The van der Waals surface area contributed by atoms with E-state index in [0.717, 1.165) is 6.42 Å². The monoisotopic (exact) mass is 168 g/mol. The summed E-state index contributed by atoms with van der Waals surface area (Å²) in [5, 5.41) is 0. The second-order valence-electron chi connectivity index (χ2n) is 4.15. The second-order valence-corrected chi connectivity index (χ2v) is 4.15. The number of hydrogen-bond donors (Lipinski definition) is 2.